The van der Waals surface area contributed by atoms with Crippen LogP contribution in [0.3, 0.4) is 0 Å². The molecule has 2 amide bonds. The van der Waals surface area contributed by atoms with Crippen LogP contribution >= 0.6 is 0 Å². The van der Waals surface area contributed by atoms with Gasteiger partial charge < -0.3 is 15.3 Å². The lowest BCUT2D eigenvalue weighted by atomic mass is 9.89. The molecule has 1 heterocycles. The molecule has 0 bridgehead atoms. The molecule has 3 unspecified atom stereocenters. The molecular formula is C15H28N2O3. The van der Waals surface area contributed by atoms with Crippen molar-refractivity contribution in [3.05, 3.63) is 0 Å². The zero-order chi connectivity index (χ0) is 15.4. The summed E-state index contributed by atoms with van der Waals surface area (Å²) in [5, 5.41) is 12.8. The normalized spacial score (nSPS) is 24.9. The Morgan fingerprint density at radius 2 is 1.70 bits per heavy atom. The standard InChI is InChI=1S/C15H28N2O3/c1-9(2)14(19)16-13-6-12(11(5)18)7-17(8-13)15(20)10(3)4/h9-13,18H,6-8H2,1-5H3,(H,16,19). The maximum Gasteiger partial charge on any atom is 0.225 e. The van der Waals surface area contributed by atoms with Crippen molar-refractivity contribution in [2.75, 3.05) is 13.1 Å². The van der Waals surface area contributed by atoms with E-state index >= 15 is 0 Å². The lowest BCUT2D eigenvalue weighted by molar-refractivity contribution is -0.139. The number of rotatable bonds is 4. The summed E-state index contributed by atoms with van der Waals surface area (Å²) in [6.07, 6.45) is 0.245. The highest BCUT2D eigenvalue weighted by molar-refractivity contribution is 5.79. The fourth-order valence-corrected chi connectivity index (χ4v) is 2.51. The first kappa shape index (κ1) is 17.0. The van der Waals surface area contributed by atoms with Gasteiger partial charge in [-0.15, -0.1) is 0 Å². The summed E-state index contributed by atoms with van der Waals surface area (Å²) < 4.78 is 0. The van der Waals surface area contributed by atoms with Gasteiger partial charge in [-0.1, -0.05) is 27.7 Å². The van der Waals surface area contributed by atoms with Crippen molar-refractivity contribution in [2.24, 2.45) is 17.8 Å². The molecular weight excluding hydrogens is 256 g/mol. The number of hydrogen-bond donors (Lipinski definition) is 2. The predicted octanol–water partition coefficient (Wildman–Crippen LogP) is 1.01. The lowest BCUT2D eigenvalue weighted by Crippen LogP contribution is -2.55. The molecule has 5 heteroatoms. The summed E-state index contributed by atoms with van der Waals surface area (Å²) in [5.41, 5.74) is 0. The summed E-state index contributed by atoms with van der Waals surface area (Å²) in [5.74, 6) is -0.0402. The van der Waals surface area contributed by atoms with E-state index in [1.54, 1.807) is 11.8 Å². The molecule has 1 aliphatic rings. The van der Waals surface area contributed by atoms with Crippen LogP contribution in [-0.4, -0.2) is 47.1 Å². The monoisotopic (exact) mass is 284 g/mol. The number of nitrogens with one attached hydrogen (secondary N) is 1. The average Bonchev–Trinajstić information content (AvgIpc) is 2.36. The quantitative estimate of drug-likeness (QED) is 0.809. The zero-order valence-corrected chi connectivity index (χ0v) is 13.2. The van der Waals surface area contributed by atoms with Gasteiger partial charge in [0.2, 0.25) is 11.8 Å². The second-order valence-corrected chi connectivity index (χ2v) is 6.49. The molecule has 116 valence electrons. The number of piperidine rings is 1. The van der Waals surface area contributed by atoms with E-state index < -0.39 is 6.10 Å². The van der Waals surface area contributed by atoms with Crippen LogP contribution in [-0.2, 0) is 9.59 Å². The van der Waals surface area contributed by atoms with Gasteiger partial charge in [0, 0.05) is 36.9 Å². The molecule has 5 nitrogen and oxygen atoms in total. The van der Waals surface area contributed by atoms with Gasteiger partial charge in [-0.2, -0.15) is 0 Å². The molecule has 1 aliphatic heterocycles. The molecule has 2 N–H and O–H groups in total. The van der Waals surface area contributed by atoms with E-state index in [1.807, 2.05) is 27.7 Å². The molecule has 1 saturated heterocycles. The molecule has 0 aromatic carbocycles. The minimum atomic E-state index is -0.476. The fraction of sp³-hybridized carbons (Fsp3) is 0.867. The van der Waals surface area contributed by atoms with Crippen LogP contribution in [0.2, 0.25) is 0 Å². The number of aliphatic hydroxyl groups excluding tert-OH is 1. The number of amides is 2. The molecule has 0 saturated carbocycles. The van der Waals surface area contributed by atoms with Crippen LogP contribution in [0.4, 0.5) is 0 Å². The molecule has 1 rings (SSSR count). The number of hydrogen-bond acceptors (Lipinski definition) is 3. The maximum atomic E-state index is 12.2. The van der Waals surface area contributed by atoms with E-state index in [0.29, 0.717) is 13.1 Å². The third-order valence-corrected chi connectivity index (χ3v) is 3.84. The van der Waals surface area contributed by atoms with Gasteiger partial charge in [0.15, 0.2) is 0 Å². The van der Waals surface area contributed by atoms with Crippen LogP contribution < -0.4 is 5.32 Å². The number of carbonyl (C=O) groups is 2. The minimum absolute atomic E-state index is 0.00168. The smallest absolute Gasteiger partial charge is 0.225 e. The van der Waals surface area contributed by atoms with Crippen molar-refractivity contribution < 1.29 is 14.7 Å². The number of aliphatic hydroxyl groups is 1. The van der Waals surface area contributed by atoms with Crippen molar-refractivity contribution in [3.8, 4) is 0 Å². The Morgan fingerprint density at radius 1 is 1.10 bits per heavy atom. The van der Waals surface area contributed by atoms with Crippen LogP contribution in [0.15, 0.2) is 0 Å². The van der Waals surface area contributed by atoms with E-state index in [1.165, 1.54) is 0 Å². The molecule has 0 aromatic rings. The predicted molar refractivity (Wildman–Crippen MR) is 78.0 cm³/mol. The van der Waals surface area contributed by atoms with E-state index in [0.717, 1.165) is 6.42 Å². The molecule has 20 heavy (non-hydrogen) atoms. The molecule has 0 aromatic heterocycles. The van der Waals surface area contributed by atoms with Gasteiger partial charge in [-0.3, -0.25) is 9.59 Å². The van der Waals surface area contributed by atoms with E-state index in [9.17, 15) is 14.7 Å². The second kappa shape index (κ2) is 7.07. The largest absolute Gasteiger partial charge is 0.393 e. The van der Waals surface area contributed by atoms with Crippen LogP contribution in [0, 0.1) is 17.8 Å². The summed E-state index contributed by atoms with van der Waals surface area (Å²) >= 11 is 0. The average molecular weight is 284 g/mol. The van der Waals surface area contributed by atoms with Gasteiger partial charge in [-0.25, -0.2) is 0 Å². The van der Waals surface area contributed by atoms with E-state index in [2.05, 4.69) is 5.32 Å². The van der Waals surface area contributed by atoms with Crippen molar-refractivity contribution in [2.45, 2.75) is 53.2 Å². The van der Waals surface area contributed by atoms with Crippen LogP contribution in [0.25, 0.3) is 0 Å². The van der Waals surface area contributed by atoms with Crippen molar-refractivity contribution >= 4 is 11.8 Å². The first-order valence-electron chi connectivity index (χ1n) is 7.49. The number of likely N-dealkylation sites (tertiary alicyclic amines) is 1. The summed E-state index contributed by atoms with van der Waals surface area (Å²) in [4.78, 5) is 25.8. The maximum absolute atomic E-state index is 12.2. The van der Waals surface area contributed by atoms with Crippen molar-refractivity contribution in [1.82, 2.24) is 10.2 Å². The molecule has 0 aliphatic carbocycles. The summed E-state index contributed by atoms with van der Waals surface area (Å²) in [7, 11) is 0. The third kappa shape index (κ3) is 4.47. The van der Waals surface area contributed by atoms with Gasteiger partial charge in [0.1, 0.15) is 0 Å². The Morgan fingerprint density at radius 3 is 2.15 bits per heavy atom. The third-order valence-electron chi connectivity index (χ3n) is 3.84. The highest BCUT2D eigenvalue weighted by atomic mass is 16.3. The molecule has 0 spiro atoms. The Kier molecular flexibility index (Phi) is 5.99. The van der Waals surface area contributed by atoms with Crippen molar-refractivity contribution in [1.29, 1.82) is 0 Å². The van der Waals surface area contributed by atoms with Crippen LogP contribution in [0.1, 0.15) is 41.0 Å². The SMILES string of the molecule is CC(C)C(=O)NC1CC(C(C)O)CN(C(=O)C(C)C)C1. The first-order valence-corrected chi connectivity index (χ1v) is 7.49. The van der Waals surface area contributed by atoms with Gasteiger partial charge in [0.05, 0.1) is 6.10 Å². The molecule has 1 fully saturated rings. The second-order valence-electron chi connectivity index (χ2n) is 6.49. The topological polar surface area (TPSA) is 69.6 Å². The lowest BCUT2D eigenvalue weighted by Gasteiger charge is -2.40. The minimum Gasteiger partial charge on any atom is -0.393 e. The molecule has 0 radical (unpaired) electrons. The van der Waals surface area contributed by atoms with Gasteiger partial charge >= 0.3 is 0 Å². The Hall–Kier alpha value is -1.10. The van der Waals surface area contributed by atoms with Crippen LogP contribution in [0.5, 0.6) is 0 Å². The fourth-order valence-electron chi connectivity index (χ4n) is 2.51. The Labute approximate surface area is 121 Å². The Bertz CT molecular complexity index is 353. The highest BCUT2D eigenvalue weighted by Gasteiger charge is 2.33. The van der Waals surface area contributed by atoms with Gasteiger partial charge in [-0.05, 0) is 13.3 Å². The zero-order valence-electron chi connectivity index (χ0n) is 13.2. The summed E-state index contributed by atoms with van der Waals surface area (Å²) in [6, 6.07) is -0.0686. The Balaban J connectivity index is 2.75. The van der Waals surface area contributed by atoms with Crippen molar-refractivity contribution in [3.63, 3.8) is 0 Å². The summed E-state index contributed by atoms with van der Waals surface area (Å²) in [6.45, 7) is 10.3. The highest BCUT2D eigenvalue weighted by Crippen LogP contribution is 2.22. The first-order chi connectivity index (χ1) is 9.22. The number of nitrogens with zero attached hydrogens (tertiary/aromatic N) is 1. The number of carbonyl (C=O) groups excluding carboxylic acids is 2. The van der Waals surface area contributed by atoms with E-state index in [4.69, 9.17) is 0 Å². The van der Waals surface area contributed by atoms with Gasteiger partial charge in [0.25, 0.3) is 0 Å². The van der Waals surface area contributed by atoms with E-state index in [-0.39, 0.29) is 35.6 Å². The molecule has 3 atom stereocenters.